The zero-order valence-electron chi connectivity index (χ0n) is 12.6. The summed E-state index contributed by atoms with van der Waals surface area (Å²) in [6, 6.07) is 14.4. The number of benzene rings is 2. The molecule has 0 fully saturated rings. The van der Waals surface area contributed by atoms with E-state index in [9.17, 15) is 0 Å². The van der Waals surface area contributed by atoms with E-state index in [2.05, 4.69) is 45.1 Å². The average Bonchev–Trinajstić information content (AvgIpc) is 2.48. The Morgan fingerprint density at radius 1 is 1.19 bits per heavy atom. The van der Waals surface area contributed by atoms with Crippen molar-refractivity contribution in [2.45, 2.75) is 19.4 Å². The van der Waals surface area contributed by atoms with Crippen molar-refractivity contribution in [2.24, 2.45) is 5.73 Å². The molecule has 4 heteroatoms. The molecule has 0 radical (unpaired) electrons. The summed E-state index contributed by atoms with van der Waals surface area (Å²) >= 11 is 3.55. The summed E-state index contributed by atoms with van der Waals surface area (Å²) in [5.74, 6) is 0.853. The lowest BCUT2D eigenvalue weighted by molar-refractivity contribution is 0.415. The lowest BCUT2D eigenvalue weighted by Gasteiger charge is -2.25. The number of nitrogens with two attached hydrogens (primary N) is 1. The largest absolute Gasteiger partial charge is 0.495 e. The number of anilines is 2. The second-order valence-corrected chi connectivity index (χ2v) is 6.10. The predicted molar refractivity (Wildman–Crippen MR) is 92.6 cm³/mol. The van der Waals surface area contributed by atoms with Crippen LogP contribution in [0, 0.1) is 0 Å². The van der Waals surface area contributed by atoms with E-state index in [-0.39, 0.29) is 6.04 Å². The van der Waals surface area contributed by atoms with Gasteiger partial charge in [-0.05, 0) is 43.2 Å². The summed E-state index contributed by atoms with van der Waals surface area (Å²) in [4.78, 5) is 2.14. The molecule has 0 spiro atoms. The molecule has 0 aliphatic carbocycles. The lowest BCUT2D eigenvalue weighted by Crippen LogP contribution is -2.20. The van der Waals surface area contributed by atoms with Crippen LogP contribution in [-0.4, -0.2) is 20.2 Å². The minimum atomic E-state index is 0.121. The highest BCUT2D eigenvalue weighted by molar-refractivity contribution is 9.10. The molecule has 0 bridgehead atoms. The summed E-state index contributed by atoms with van der Waals surface area (Å²) in [5, 5.41) is 0. The minimum absolute atomic E-state index is 0.121. The summed E-state index contributed by atoms with van der Waals surface area (Å²) < 4.78 is 6.51. The van der Waals surface area contributed by atoms with Crippen LogP contribution >= 0.6 is 15.9 Å². The number of halogens is 1. The van der Waals surface area contributed by atoms with Crippen LogP contribution in [0.15, 0.2) is 46.9 Å². The van der Waals surface area contributed by atoms with Gasteiger partial charge < -0.3 is 15.4 Å². The van der Waals surface area contributed by atoms with Gasteiger partial charge in [0.1, 0.15) is 5.75 Å². The fraction of sp³-hybridized carbons (Fsp3) is 0.294. The zero-order chi connectivity index (χ0) is 15.4. The van der Waals surface area contributed by atoms with Crippen molar-refractivity contribution in [3.63, 3.8) is 0 Å². The molecule has 0 aliphatic heterocycles. The van der Waals surface area contributed by atoms with E-state index in [0.717, 1.165) is 28.0 Å². The molecular formula is C17H21BrN2O. The van der Waals surface area contributed by atoms with Gasteiger partial charge in [-0.1, -0.05) is 34.1 Å². The van der Waals surface area contributed by atoms with Crippen molar-refractivity contribution in [3.05, 3.63) is 52.5 Å². The Hall–Kier alpha value is -1.52. The van der Waals surface area contributed by atoms with E-state index < -0.39 is 0 Å². The smallest absolute Gasteiger partial charge is 0.142 e. The van der Waals surface area contributed by atoms with E-state index in [0.29, 0.717) is 0 Å². The quantitative estimate of drug-likeness (QED) is 0.883. The van der Waals surface area contributed by atoms with Crippen LogP contribution in [-0.2, 0) is 6.42 Å². The normalized spacial score (nSPS) is 12.0. The van der Waals surface area contributed by atoms with Gasteiger partial charge in [-0.15, -0.1) is 0 Å². The highest BCUT2D eigenvalue weighted by Crippen LogP contribution is 2.35. The van der Waals surface area contributed by atoms with Crippen molar-refractivity contribution in [1.82, 2.24) is 0 Å². The van der Waals surface area contributed by atoms with E-state index in [1.54, 1.807) is 7.11 Å². The van der Waals surface area contributed by atoms with Gasteiger partial charge in [-0.3, -0.25) is 0 Å². The van der Waals surface area contributed by atoms with Crippen molar-refractivity contribution >= 4 is 27.3 Å². The first kappa shape index (κ1) is 15.9. The first-order chi connectivity index (χ1) is 10.0. The third kappa shape index (κ3) is 3.77. The van der Waals surface area contributed by atoms with Crippen molar-refractivity contribution in [1.29, 1.82) is 0 Å². The van der Waals surface area contributed by atoms with Crippen LogP contribution < -0.4 is 15.4 Å². The van der Waals surface area contributed by atoms with Gasteiger partial charge >= 0.3 is 0 Å². The molecule has 0 heterocycles. The topological polar surface area (TPSA) is 38.5 Å². The highest BCUT2D eigenvalue weighted by Gasteiger charge is 2.14. The molecule has 0 aromatic heterocycles. The molecule has 0 saturated heterocycles. The summed E-state index contributed by atoms with van der Waals surface area (Å²) in [5.41, 5.74) is 9.36. The molecule has 3 nitrogen and oxygen atoms in total. The molecule has 2 aromatic rings. The van der Waals surface area contributed by atoms with Crippen molar-refractivity contribution in [3.8, 4) is 5.75 Å². The predicted octanol–water partition coefficient (Wildman–Crippen LogP) is 4.12. The number of rotatable bonds is 5. The fourth-order valence-electron chi connectivity index (χ4n) is 2.41. The third-order valence-corrected chi connectivity index (χ3v) is 3.89. The summed E-state index contributed by atoms with van der Waals surface area (Å²) in [6.45, 7) is 2.02. The molecule has 0 saturated carbocycles. The van der Waals surface area contributed by atoms with Crippen LogP contribution in [0.2, 0.25) is 0 Å². The molecule has 2 aromatic carbocycles. The van der Waals surface area contributed by atoms with Gasteiger partial charge in [-0.25, -0.2) is 0 Å². The van der Waals surface area contributed by atoms with Crippen LogP contribution in [0.1, 0.15) is 12.5 Å². The SMILES string of the molecule is COc1ccccc1N(C)c1cc(Br)ccc1CC(C)N. The average molecular weight is 349 g/mol. The Morgan fingerprint density at radius 2 is 1.90 bits per heavy atom. The number of methoxy groups -OCH3 is 1. The number of nitrogens with zero attached hydrogens (tertiary/aromatic N) is 1. The summed E-state index contributed by atoms with van der Waals surface area (Å²) in [7, 11) is 3.74. The molecule has 0 aliphatic rings. The minimum Gasteiger partial charge on any atom is -0.495 e. The molecule has 1 atom stereocenters. The van der Waals surface area contributed by atoms with Crippen LogP contribution in [0.4, 0.5) is 11.4 Å². The Kier molecular flexibility index (Phi) is 5.26. The zero-order valence-corrected chi connectivity index (χ0v) is 14.2. The number of para-hydroxylation sites is 2. The molecular weight excluding hydrogens is 328 g/mol. The van der Waals surface area contributed by atoms with Crippen molar-refractivity contribution < 1.29 is 4.74 Å². The van der Waals surface area contributed by atoms with E-state index in [1.165, 1.54) is 5.56 Å². The maximum atomic E-state index is 5.97. The molecule has 1 unspecified atom stereocenters. The lowest BCUT2D eigenvalue weighted by atomic mass is 10.0. The Morgan fingerprint density at radius 3 is 2.57 bits per heavy atom. The Labute approximate surface area is 134 Å². The number of hydrogen-bond donors (Lipinski definition) is 1. The first-order valence-electron chi connectivity index (χ1n) is 6.93. The molecule has 112 valence electrons. The van der Waals surface area contributed by atoms with Gasteiger partial charge in [-0.2, -0.15) is 0 Å². The van der Waals surface area contributed by atoms with Gasteiger partial charge in [0.25, 0.3) is 0 Å². The van der Waals surface area contributed by atoms with Crippen molar-refractivity contribution in [2.75, 3.05) is 19.1 Å². The number of ether oxygens (including phenoxy) is 1. The first-order valence-corrected chi connectivity index (χ1v) is 7.73. The highest BCUT2D eigenvalue weighted by atomic mass is 79.9. The Balaban J connectivity index is 2.46. The summed E-state index contributed by atoms with van der Waals surface area (Å²) in [6.07, 6.45) is 0.835. The van der Waals surface area contributed by atoms with E-state index in [1.807, 2.05) is 32.2 Å². The van der Waals surface area contributed by atoms with Gasteiger partial charge in [0, 0.05) is 23.2 Å². The second kappa shape index (κ2) is 6.96. The van der Waals surface area contributed by atoms with Gasteiger partial charge in [0.05, 0.1) is 12.8 Å². The third-order valence-electron chi connectivity index (χ3n) is 3.40. The monoisotopic (exact) mass is 348 g/mol. The molecule has 2 N–H and O–H groups in total. The maximum absolute atomic E-state index is 5.97. The molecule has 0 amide bonds. The van der Waals surface area contributed by atoms with Crippen LogP contribution in [0.25, 0.3) is 0 Å². The van der Waals surface area contributed by atoms with E-state index in [4.69, 9.17) is 10.5 Å². The van der Waals surface area contributed by atoms with E-state index >= 15 is 0 Å². The number of hydrogen-bond acceptors (Lipinski definition) is 3. The Bertz CT molecular complexity index is 613. The maximum Gasteiger partial charge on any atom is 0.142 e. The van der Waals surface area contributed by atoms with Gasteiger partial charge in [0.2, 0.25) is 0 Å². The van der Waals surface area contributed by atoms with Crippen LogP contribution in [0.5, 0.6) is 5.75 Å². The standard InChI is InChI=1S/C17H21BrN2O/c1-12(19)10-13-8-9-14(18)11-16(13)20(2)15-6-4-5-7-17(15)21-3/h4-9,11-12H,10,19H2,1-3H3. The second-order valence-electron chi connectivity index (χ2n) is 5.19. The van der Waals surface area contributed by atoms with Crippen LogP contribution in [0.3, 0.4) is 0 Å². The molecule has 2 rings (SSSR count). The molecule has 21 heavy (non-hydrogen) atoms. The fourth-order valence-corrected chi connectivity index (χ4v) is 2.75. The van der Waals surface area contributed by atoms with Gasteiger partial charge in [0.15, 0.2) is 0 Å².